The maximum atomic E-state index is 5.76. The highest BCUT2D eigenvalue weighted by Crippen LogP contribution is 2.31. The van der Waals surface area contributed by atoms with Crippen molar-refractivity contribution in [3.05, 3.63) is 23.8 Å². The molecule has 1 unspecified atom stereocenters. The third kappa shape index (κ3) is 5.61. The van der Waals surface area contributed by atoms with E-state index < -0.39 is 0 Å². The number of rotatable bonds is 9. The van der Waals surface area contributed by atoms with E-state index in [2.05, 4.69) is 17.8 Å². The van der Waals surface area contributed by atoms with Crippen LogP contribution >= 0.6 is 0 Å². The summed E-state index contributed by atoms with van der Waals surface area (Å²) in [7, 11) is 3.17. The number of hydrogen-bond acceptors (Lipinski definition) is 4. The lowest BCUT2D eigenvalue weighted by Crippen LogP contribution is -2.30. The Morgan fingerprint density at radius 3 is 2.17 bits per heavy atom. The van der Waals surface area contributed by atoms with Crippen molar-refractivity contribution in [1.29, 1.82) is 0 Å². The van der Waals surface area contributed by atoms with Crippen LogP contribution in [0, 0.1) is 37.0 Å². The number of benzene rings is 1. The van der Waals surface area contributed by atoms with E-state index in [1.54, 1.807) is 14.2 Å². The van der Waals surface area contributed by atoms with E-state index >= 15 is 0 Å². The molecule has 0 aliphatic heterocycles. The smallest absolute Gasteiger partial charge is 0.161 e. The fourth-order valence-electron chi connectivity index (χ4n) is 2.13. The van der Waals surface area contributed by atoms with E-state index in [9.17, 15) is 0 Å². The summed E-state index contributed by atoms with van der Waals surface area (Å²) < 4.78 is 16.3. The minimum absolute atomic E-state index is 0.193. The molecule has 1 aromatic carbocycles. The normalized spacial score (nSPS) is 11.1. The molecule has 0 aromatic heterocycles. The molecule has 0 bridgehead atoms. The highest BCUT2D eigenvalue weighted by Gasteiger charge is 2.18. The molecule has 0 aliphatic rings. The van der Waals surface area contributed by atoms with Gasteiger partial charge in [-0.2, -0.15) is 0 Å². The number of ether oxygens (including phenoxy) is 3. The number of hydrogen-bond donors (Lipinski definition) is 0. The second-order valence-electron chi connectivity index (χ2n) is 4.70. The minimum Gasteiger partial charge on any atom is -0.493 e. The van der Waals surface area contributed by atoms with Crippen LogP contribution in [0.3, 0.4) is 0 Å². The van der Waals surface area contributed by atoms with Crippen LogP contribution in [0.1, 0.15) is 11.7 Å². The van der Waals surface area contributed by atoms with Crippen molar-refractivity contribution in [1.82, 2.24) is 4.90 Å². The summed E-state index contributed by atoms with van der Waals surface area (Å²) in [5.41, 5.74) is 0.914. The Balaban J connectivity index is 3.03. The summed E-state index contributed by atoms with van der Waals surface area (Å²) in [6.07, 6.45) is 15.8. The Morgan fingerprint density at radius 2 is 1.65 bits per heavy atom. The number of methoxy groups -OCH3 is 2. The summed E-state index contributed by atoms with van der Waals surface area (Å²) in [6.45, 7) is 1.60. The quantitative estimate of drug-likeness (QED) is 0.653. The summed E-state index contributed by atoms with van der Waals surface area (Å²) in [4.78, 5) is 1.94. The minimum atomic E-state index is -0.271. The Kier molecular flexibility index (Phi) is 8.19. The first kappa shape index (κ1) is 18.5. The topological polar surface area (TPSA) is 30.9 Å². The maximum absolute atomic E-state index is 5.76. The predicted molar refractivity (Wildman–Crippen MR) is 91.2 cm³/mol. The van der Waals surface area contributed by atoms with Crippen LogP contribution in [-0.4, -0.2) is 45.4 Å². The van der Waals surface area contributed by atoms with Crippen molar-refractivity contribution in [3.8, 4) is 48.5 Å². The van der Waals surface area contributed by atoms with Crippen LogP contribution in [0.4, 0.5) is 0 Å². The Morgan fingerprint density at radius 1 is 1.00 bits per heavy atom. The zero-order valence-corrected chi connectivity index (χ0v) is 13.5. The molecule has 1 rings (SSSR count). The van der Waals surface area contributed by atoms with E-state index in [-0.39, 0.29) is 12.7 Å². The van der Waals surface area contributed by atoms with Crippen molar-refractivity contribution in [2.24, 2.45) is 0 Å². The molecule has 0 heterocycles. The number of terminal acetylenes is 3. The van der Waals surface area contributed by atoms with Gasteiger partial charge in [-0.15, -0.1) is 19.3 Å². The lowest BCUT2D eigenvalue weighted by atomic mass is 10.1. The molecule has 0 aliphatic carbocycles. The van der Waals surface area contributed by atoms with E-state index in [0.717, 1.165) is 5.56 Å². The second kappa shape index (κ2) is 10.2. The number of nitrogens with zero attached hydrogens (tertiary/aromatic N) is 1. The van der Waals surface area contributed by atoms with Gasteiger partial charge >= 0.3 is 0 Å². The molecule has 0 radical (unpaired) electrons. The Labute approximate surface area is 138 Å². The average molecular weight is 311 g/mol. The van der Waals surface area contributed by atoms with Gasteiger partial charge in [-0.05, 0) is 17.7 Å². The summed E-state index contributed by atoms with van der Waals surface area (Å²) in [6, 6.07) is 5.60. The molecular formula is C19H21NO3. The van der Waals surface area contributed by atoms with Crippen LogP contribution in [0.25, 0.3) is 0 Å². The third-order valence-corrected chi connectivity index (χ3v) is 3.20. The van der Waals surface area contributed by atoms with Crippen molar-refractivity contribution in [2.75, 3.05) is 40.5 Å². The van der Waals surface area contributed by atoms with Gasteiger partial charge in [0.1, 0.15) is 6.61 Å². The van der Waals surface area contributed by atoms with Crippen LogP contribution in [0.5, 0.6) is 11.5 Å². The summed E-state index contributed by atoms with van der Waals surface area (Å²) >= 11 is 0. The zero-order chi connectivity index (χ0) is 17.1. The first-order chi connectivity index (χ1) is 11.2. The Bertz CT molecular complexity index is 603. The van der Waals surface area contributed by atoms with Gasteiger partial charge in [0.15, 0.2) is 11.5 Å². The molecule has 0 fully saturated rings. The van der Waals surface area contributed by atoms with E-state index in [1.807, 2.05) is 23.1 Å². The zero-order valence-electron chi connectivity index (χ0n) is 13.5. The fourth-order valence-corrected chi connectivity index (χ4v) is 2.13. The van der Waals surface area contributed by atoms with Crippen molar-refractivity contribution >= 4 is 0 Å². The van der Waals surface area contributed by atoms with Gasteiger partial charge in [-0.3, -0.25) is 4.90 Å². The van der Waals surface area contributed by atoms with Crippen LogP contribution < -0.4 is 9.47 Å². The second-order valence-corrected chi connectivity index (χ2v) is 4.70. The fraction of sp³-hybridized carbons (Fsp3) is 0.368. The average Bonchev–Trinajstić information content (AvgIpc) is 2.58. The van der Waals surface area contributed by atoms with Crippen LogP contribution in [0.15, 0.2) is 18.2 Å². The summed E-state index contributed by atoms with van der Waals surface area (Å²) in [5.74, 6) is 8.95. The van der Waals surface area contributed by atoms with Crippen molar-refractivity contribution < 1.29 is 14.2 Å². The molecule has 1 aromatic rings. The molecule has 120 valence electrons. The molecule has 0 spiro atoms. The highest BCUT2D eigenvalue weighted by atomic mass is 16.5. The third-order valence-electron chi connectivity index (χ3n) is 3.20. The first-order valence-corrected chi connectivity index (χ1v) is 7.06. The van der Waals surface area contributed by atoms with Gasteiger partial charge in [-0.25, -0.2) is 0 Å². The molecular weight excluding hydrogens is 290 g/mol. The van der Waals surface area contributed by atoms with E-state index in [1.165, 1.54) is 0 Å². The Hall–Kier alpha value is -2.58. The van der Waals surface area contributed by atoms with Crippen LogP contribution in [0.2, 0.25) is 0 Å². The molecule has 0 N–H and O–H groups in total. The van der Waals surface area contributed by atoms with Gasteiger partial charge in [0, 0.05) is 6.54 Å². The monoisotopic (exact) mass is 311 g/mol. The standard InChI is InChI=1S/C19H21NO3/c1-6-11-20(12-7-2)15-19(23-13-8-3)16-9-10-17(21-4)18(14-16)22-5/h1-3,9-10,14,19H,11-13,15H2,4-5H3. The largest absolute Gasteiger partial charge is 0.493 e. The molecule has 0 amide bonds. The van der Waals surface area contributed by atoms with Gasteiger partial charge in [0.25, 0.3) is 0 Å². The lowest BCUT2D eigenvalue weighted by Gasteiger charge is -2.25. The lowest BCUT2D eigenvalue weighted by molar-refractivity contribution is 0.0510. The van der Waals surface area contributed by atoms with E-state index in [0.29, 0.717) is 31.1 Å². The highest BCUT2D eigenvalue weighted by molar-refractivity contribution is 5.43. The van der Waals surface area contributed by atoms with Gasteiger partial charge < -0.3 is 14.2 Å². The molecule has 1 atom stereocenters. The van der Waals surface area contributed by atoms with E-state index in [4.69, 9.17) is 33.5 Å². The SMILES string of the molecule is C#CCOC(CN(CC#C)CC#C)c1ccc(OC)c(OC)c1. The predicted octanol–water partition coefficient (Wildman–Crippen LogP) is 1.96. The molecule has 4 nitrogen and oxygen atoms in total. The summed E-state index contributed by atoms with van der Waals surface area (Å²) in [5, 5.41) is 0. The van der Waals surface area contributed by atoms with Gasteiger partial charge in [0.05, 0.1) is 33.4 Å². The van der Waals surface area contributed by atoms with Crippen LogP contribution in [-0.2, 0) is 4.74 Å². The molecule has 4 heteroatoms. The molecule has 0 saturated carbocycles. The maximum Gasteiger partial charge on any atom is 0.161 e. The van der Waals surface area contributed by atoms with Gasteiger partial charge in [0.2, 0.25) is 0 Å². The molecule has 23 heavy (non-hydrogen) atoms. The first-order valence-electron chi connectivity index (χ1n) is 7.06. The van der Waals surface area contributed by atoms with Gasteiger partial charge in [-0.1, -0.05) is 23.8 Å². The van der Waals surface area contributed by atoms with Crippen molar-refractivity contribution in [2.45, 2.75) is 6.10 Å². The van der Waals surface area contributed by atoms with Crippen molar-refractivity contribution in [3.63, 3.8) is 0 Å². The molecule has 0 saturated heterocycles.